The molecule has 20 heavy (non-hydrogen) atoms. The smallest absolute Gasteiger partial charge is 0.240 e. The van der Waals surface area contributed by atoms with Gasteiger partial charge in [-0.3, -0.25) is 4.90 Å². The van der Waals surface area contributed by atoms with E-state index in [0.29, 0.717) is 11.7 Å². The minimum absolute atomic E-state index is 0.0294. The molecule has 0 radical (unpaired) electrons. The predicted molar refractivity (Wildman–Crippen MR) is 78.8 cm³/mol. The van der Waals surface area contributed by atoms with Gasteiger partial charge in [0.2, 0.25) is 10.0 Å². The molecule has 0 spiro atoms. The highest BCUT2D eigenvalue weighted by Gasteiger charge is 2.37. The van der Waals surface area contributed by atoms with Crippen molar-refractivity contribution in [2.45, 2.75) is 42.7 Å². The molecule has 2 atom stereocenters. The second-order valence-electron chi connectivity index (χ2n) is 5.69. The highest BCUT2D eigenvalue weighted by molar-refractivity contribution is 7.89. The summed E-state index contributed by atoms with van der Waals surface area (Å²) in [5.74, 6) is 0. The third-order valence-electron chi connectivity index (χ3n) is 4.33. The van der Waals surface area contributed by atoms with Gasteiger partial charge in [0.15, 0.2) is 0 Å². The van der Waals surface area contributed by atoms with Crippen LogP contribution >= 0.6 is 0 Å². The van der Waals surface area contributed by atoms with Crippen LogP contribution in [0.3, 0.4) is 0 Å². The maximum absolute atomic E-state index is 12.4. The summed E-state index contributed by atoms with van der Waals surface area (Å²) in [6.07, 6.45) is 4.40. The monoisotopic (exact) mass is 295 g/mol. The molecule has 3 rings (SSSR count). The minimum atomic E-state index is -3.47. The number of nitrogens with two attached hydrogens (primary N) is 1. The standard InChI is InChI=1S/C14H21N3O2S/c15-11-4-3-5-12(10-11)20(18,19)16-13-7-9-17-8-2-1-6-14(13)17/h3-5,10,13-14,16H,1-2,6-9,15H2. The molecule has 2 fully saturated rings. The van der Waals surface area contributed by atoms with Crippen LogP contribution in [0.2, 0.25) is 0 Å². The van der Waals surface area contributed by atoms with Gasteiger partial charge in [0, 0.05) is 24.3 Å². The lowest BCUT2D eigenvalue weighted by Crippen LogP contribution is -2.46. The van der Waals surface area contributed by atoms with Gasteiger partial charge in [0.25, 0.3) is 0 Å². The van der Waals surface area contributed by atoms with Crippen molar-refractivity contribution < 1.29 is 8.42 Å². The molecule has 1 aromatic carbocycles. The molecule has 2 heterocycles. The van der Waals surface area contributed by atoms with Crippen molar-refractivity contribution in [3.05, 3.63) is 24.3 Å². The average Bonchev–Trinajstić information content (AvgIpc) is 2.82. The van der Waals surface area contributed by atoms with Crippen molar-refractivity contribution in [1.29, 1.82) is 0 Å². The van der Waals surface area contributed by atoms with E-state index in [4.69, 9.17) is 5.73 Å². The molecule has 0 aliphatic carbocycles. The molecule has 3 N–H and O–H groups in total. The van der Waals surface area contributed by atoms with Crippen molar-refractivity contribution >= 4 is 15.7 Å². The Kier molecular flexibility index (Phi) is 3.70. The third kappa shape index (κ3) is 2.68. The van der Waals surface area contributed by atoms with Crippen LogP contribution in [0.15, 0.2) is 29.2 Å². The van der Waals surface area contributed by atoms with Gasteiger partial charge in [0.05, 0.1) is 4.90 Å². The van der Waals surface area contributed by atoms with E-state index < -0.39 is 10.0 Å². The van der Waals surface area contributed by atoms with Crippen LogP contribution in [0.4, 0.5) is 5.69 Å². The molecule has 2 saturated heterocycles. The number of sulfonamides is 1. The highest BCUT2D eigenvalue weighted by atomic mass is 32.2. The summed E-state index contributed by atoms with van der Waals surface area (Å²) < 4.78 is 27.7. The van der Waals surface area contributed by atoms with E-state index in [9.17, 15) is 8.42 Å². The first-order valence-corrected chi connectivity index (χ1v) is 8.66. The van der Waals surface area contributed by atoms with Crippen molar-refractivity contribution in [1.82, 2.24) is 9.62 Å². The number of nitrogens with one attached hydrogen (secondary N) is 1. The molecule has 6 heteroatoms. The van der Waals surface area contributed by atoms with E-state index in [0.717, 1.165) is 25.9 Å². The third-order valence-corrected chi connectivity index (χ3v) is 5.82. The summed E-state index contributed by atoms with van der Waals surface area (Å²) in [6.45, 7) is 2.09. The summed E-state index contributed by atoms with van der Waals surface area (Å²) in [6, 6.07) is 6.85. The Labute approximate surface area is 120 Å². The molecule has 2 aliphatic rings. The number of hydrogen-bond donors (Lipinski definition) is 2. The number of fused-ring (bicyclic) bond motifs is 1. The Bertz CT molecular complexity index is 588. The lowest BCUT2D eigenvalue weighted by atomic mass is 10.00. The van der Waals surface area contributed by atoms with E-state index in [1.807, 2.05) is 0 Å². The highest BCUT2D eigenvalue weighted by Crippen LogP contribution is 2.28. The SMILES string of the molecule is Nc1cccc(S(=O)(=O)NC2CCN3CCCCC23)c1. The van der Waals surface area contributed by atoms with Crippen molar-refractivity contribution in [2.75, 3.05) is 18.8 Å². The van der Waals surface area contributed by atoms with Crippen LogP contribution in [0.5, 0.6) is 0 Å². The molecule has 0 bridgehead atoms. The second-order valence-corrected chi connectivity index (χ2v) is 7.40. The van der Waals surface area contributed by atoms with Gasteiger partial charge < -0.3 is 5.73 Å². The molecule has 0 saturated carbocycles. The van der Waals surface area contributed by atoms with E-state index in [1.54, 1.807) is 18.2 Å². The first kappa shape index (κ1) is 13.9. The van der Waals surface area contributed by atoms with E-state index in [2.05, 4.69) is 9.62 Å². The van der Waals surface area contributed by atoms with Gasteiger partial charge in [-0.15, -0.1) is 0 Å². The molecule has 110 valence electrons. The fraction of sp³-hybridized carbons (Fsp3) is 0.571. The van der Waals surface area contributed by atoms with Gasteiger partial charge in [-0.2, -0.15) is 0 Å². The summed E-state index contributed by atoms with van der Waals surface area (Å²) in [7, 11) is -3.47. The summed E-state index contributed by atoms with van der Waals surface area (Å²) in [5, 5.41) is 0. The quantitative estimate of drug-likeness (QED) is 0.821. The van der Waals surface area contributed by atoms with Gasteiger partial charge in [0.1, 0.15) is 0 Å². The van der Waals surface area contributed by atoms with Gasteiger partial charge in [-0.1, -0.05) is 12.5 Å². The fourth-order valence-corrected chi connectivity index (χ4v) is 4.69. The molecule has 0 aromatic heterocycles. The Morgan fingerprint density at radius 1 is 1.20 bits per heavy atom. The van der Waals surface area contributed by atoms with Crippen molar-refractivity contribution in [3.8, 4) is 0 Å². The van der Waals surface area contributed by atoms with Gasteiger partial charge in [-0.05, 0) is 44.0 Å². The topological polar surface area (TPSA) is 75.4 Å². The van der Waals surface area contributed by atoms with Crippen molar-refractivity contribution in [2.24, 2.45) is 0 Å². The molecule has 2 unspecified atom stereocenters. The Hall–Kier alpha value is -1.11. The number of anilines is 1. The number of rotatable bonds is 3. The van der Waals surface area contributed by atoms with Crippen LogP contribution < -0.4 is 10.5 Å². The lowest BCUT2D eigenvalue weighted by Gasteiger charge is -2.32. The normalized spacial score (nSPS) is 27.4. The molecule has 5 nitrogen and oxygen atoms in total. The Morgan fingerprint density at radius 2 is 2.05 bits per heavy atom. The summed E-state index contributed by atoms with van der Waals surface area (Å²) in [5.41, 5.74) is 6.14. The summed E-state index contributed by atoms with van der Waals surface area (Å²) >= 11 is 0. The second kappa shape index (κ2) is 5.35. The predicted octanol–water partition coefficient (Wildman–Crippen LogP) is 1.17. The van der Waals surface area contributed by atoms with Crippen LogP contribution in [0.1, 0.15) is 25.7 Å². The van der Waals surface area contributed by atoms with E-state index >= 15 is 0 Å². The molecule has 0 amide bonds. The Balaban J connectivity index is 1.77. The van der Waals surface area contributed by atoms with E-state index in [-0.39, 0.29) is 10.9 Å². The van der Waals surface area contributed by atoms with Gasteiger partial charge >= 0.3 is 0 Å². The van der Waals surface area contributed by atoms with Crippen LogP contribution in [0, 0.1) is 0 Å². The number of benzene rings is 1. The van der Waals surface area contributed by atoms with Crippen molar-refractivity contribution in [3.63, 3.8) is 0 Å². The Morgan fingerprint density at radius 3 is 2.85 bits per heavy atom. The zero-order chi connectivity index (χ0) is 14.2. The summed E-state index contributed by atoms with van der Waals surface area (Å²) in [4.78, 5) is 2.67. The average molecular weight is 295 g/mol. The molecule has 1 aromatic rings. The number of hydrogen-bond acceptors (Lipinski definition) is 4. The maximum Gasteiger partial charge on any atom is 0.240 e. The molecular weight excluding hydrogens is 274 g/mol. The maximum atomic E-state index is 12.4. The number of nitrogen functional groups attached to an aromatic ring is 1. The largest absolute Gasteiger partial charge is 0.399 e. The molecule has 2 aliphatic heterocycles. The van der Waals surface area contributed by atoms with Gasteiger partial charge in [-0.25, -0.2) is 13.1 Å². The van der Waals surface area contributed by atoms with E-state index in [1.165, 1.54) is 18.9 Å². The van der Waals surface area contributed by atoms with Crippen LogP contribution in [-0.2, 0) is 10.0 Å². The first-order valence-electron chi connectivity index (χ1n) is 7.18. The number of piperidine rings is 1. The minimum Gasteiger partial charge on any atom is -0.399 e. The zero-order valence-corrected chi connectivity index (χ0v) is 12.3. The number of nitrogens with zero attached hydrogens (tertiary/aromatic N) is 1. The van der Waals surface area contributed by atoms with Crippen LogP contribution in [-0.4, -0.2) is 38.5 Å². The molecular formula is C14H21N3O2S. The van der Waals surface area contributed by atoms with Crippen LogP contribution in [0.25, 0.3) is 0 Å². The zero-order valence-electron chi connectivity index (χ0n) is 11.5. The first-order chi connectivity index (χ1) is 9.56. The fourth-order valence-electron chi connectivity index (χ4n) is 3.33. The lowest BCUT2D eigenvalue weighted by molar-refractivity contribution is 0.186.